The number of aliphatic hydroxyl groups excluding tert-OH is 1. The highest BCUT2D eigenvalue weighted by molar-refractivity contribution is 5.90. The lowest BCUT2D eigenvalue weighted by atomic mass is 10.1. The topological polar surface area (TPSA) is 65.0 Å². The van der Waals surface area contributed by atoms with Crippen molar-refractivity contribution in [3.05, 3.63) is 41.7 Å². The van der Waals surface area contributed by atoms with E-state index in [1.54, 1.807) is 37.5 Å². The van der Waals surface area contributed by atoms with E-state index >= 15 is 0 Å². The summed E-state index contributed by atoms with van der Waals surface area (Å²) in [4.78, 5) is 11.6. The second-order valence-electron chi connectivity index (χ2n) is 3.86. The van der Waals surface area contributed by atoms with Crippen molar-refractivity contribution in [3.63, 3.8) is 0 Å². The van der Waals surface area contributed by atoms with E-state index in [-0.39, 0.29) is 12.6 Å². The monoisotopic (exact) mass is 280 g/mol. The molecule has 0 aliphatic carbocycles. The van der Waals surface area contributed by atoms with Gasteiger partial charge in [0.05, 0.1) is 38.3 Å². The molecule has 1 aromatic rings. The Kier molecular flexibility index (Phi) is 8.10. The van der Waals surface area contributed by atoms with Gasteiger partial charge in [-0.25, -0.2) is 4.79 Å². The fraction of sp³-hybridized carbons (Fsp3) is 0.400. The lowest BCUT2D eigenvalue weighted by molar-refractivity contribution is 0.0526. The molecule has 0 saturated carbocycles. The predicted molar refractivity (Wildman–Crippen MR) is 75.3 cm³/mol. The van der Waals surface area contributed by atoms with Gasteiger partial charge in [-0.05, 0) is 30.7 Å². The fourth-order valence-electron chi connectivity index (χ4n) is 1.45. The molecule has 0 aliphatic heterocycles. The molecule has 1 aromatic carbocycles. The van der Waals surface area contributed by atoms with E-state index in [0.717, 1.165) is 5.56 Å². The van der Waals surface area contributed by atoms with E-state index < -0.39 is 0 Å². The number of esters is 1. The Morgan fingerprint density at radius 1 is 1.30 bits per heavy atom. The van der Waals surface area contributed by atoms with Crippen LogP contribution >= 0.6 is 0 Å². The van der Waals surface area contributed by atoms with E-state index in [1.807, 2.05) is 6.07 Å². The molecule has 110 valence electrons. The van der Waals surface area contributed by atoms with Gasteiger partial charge in [-0.2, -0.15) is 0 Å². The lowest BCUT2D eigenvalue weighted by Gasteiger charge is -2.03. The Labute approximate surface area is 118 Å². The van der Waals surface area contributed by atoms with Gasteiger partial charge in [-0.15, -0.1) is 0 Å². The SMILES string of the molecule is CCOC(=O)c1cccc(/C=C/OCCOCCO)c1. The minimum atomic E-state index is -0.332. The first-order chi connectivity index (χ1) is 9.77. The second-order valence-corrected chi connectivity index (χ2v) is 3.86. The number of rotatable bonds is 9. The van der Waals surface area contributed by atoms with Crippen LogP contribution in [-0.2, 0) is 14.2 Å². The van der Waals surface area contributed by atoms with Crippen LogP contribution in [0.1, 0.15) is 22.8 Å². The van der Waals surface area contributed by atoms with Crippen LogP contribution < -0.4 is 0 Å². The third-order valence-electron chi connectivity index (χ3n) is 2.34. The third kappa shape index (κ3) is 6.36. The van der Waals surface area contributed by atoms with Crippen LogP contribution in [-0.4, -0.2) is 44.1 Å². The number of hydrogen-bond acceptors (Lipinski definition) is 5. The molecule has 0 atom stereocenters. The van der Waals surface area contributed by atoms with Gasteiger partial charge in [-0.1, -0.05) is 12.1 Å². The van der Waals surface area contributed by atoms with E-state index in [9.17, 15) is 4.79 Å². The highest BCUT2D eigenvalue weighted by Gasteiger charge is 2.05. The third-order valence-corrected chi connectivity index (χ3v) is 2.34. The van der Waals surface area contributed by atoms with Gasteiger partial charge in [0.25, 0.3) is 0 Å². The predicted octanol–water partition coefficient (Wildman–Crippen LogP) is 1.86. The molecule has 1 rings (SSSR count). The van der Waals surface area contributed by atoms with Crippen molar-refractivity contribution in [1.82, 2.24) is 0 Å². The van der Waals surface area contributed by atoms with Crippen LogP contribution in [0.3, 0.4) is 0 Å². The minimum Gasteiger partial charge on any atom is -0.499 e. The lowest BCUT2D eigenvalue weighted by Crippen LogP contribution is -2.05. The van der Waals surface area contributed by atoms with Crippen LogP contribution in [0.4, 0.5) is 0 Å². The molecule has 5 nitrogen and oxygen atoms in total. The summed E-state index contributed by atoms with van der Waals surface area (Å²) in [6, 6.07) is 7.10. The van der Waals surface area contributed by atoms with Gasteiger partial charge in [0.1, 0.15) is 6.61 Å². The molecule has 0 heterocycles. The zero-order chi connectivity index (χ0) is 14.6. The molecule has 1 N–H and O–H groups in total. The van der Waals surface area contributed by atoms with Crippen molar-refractivity contribution in [3.8, 4) is 0 Å². The normalized spacial score (nSPS) is 10.7. The van der Waals surface area contributed by atoms with Crippen molar-refractivity contribution in [2.75, 3.05) is 33.0 Å². The number of carbonyl (C=O) groups is 1. The molecule has 0 radical (unpaired) electrons. The maximum atomic E-state index is 11.6. The number of ether oxygens (including phenoxy) is 3. The van der Waals surface area contributed by atoms with Gasteiger partial charge in [0, 0.05) is 0 Å². The number of aliphatic hydroxyl groups is 1. The minimum absolute atomic E-state index is 0.0104. The molecular weight excluding hydrogens is 260 g/mol. The van der Waals surface area contributed by atoms with Crippen molar-refractivity contribution >= 4 is 12.0 Å². The summed E-state index contributed by atoms with van der Waals surface area (Å²) < 4.78 is 15.2. The second kappa shape index (κ2) is 10.00. The van der Waals surface area contributed by atoms with E-state index in [1.165, 1.54) is 0 Å². The van der Waals surface area contributed by atoms with Crippen LogP contribution in [0, 0.1) is 0 Å². The van der Waals surface area contributed by atoms with Crippen LogP contribution in [0.25, 0.3) is 6.08 Å². The van der Waals surface area contributed by atoms with Gasteiger partial charge in [-0.3, -0.25) is 0 Å². The van der Waals surface area contributed by atoms with E-state index in [4.69, 9.17) is 19.3 Å². The quantitative estimate of drug-likeness (QED) is 0.425. The van der Waals surface area contributed by atoms with Gasteiger partial charge < -0.3 is 19.3 Å². The van der Waals surface area contributed by atoms with E-state index in [2.05, 4.69) is 0 Å². The summed E-state index contributed by atoms with van der Waals surface area (Å²) in [6.07, 6.45) is 3.31. The van der Waals surface area contributed by atoms with Crippen molar-refractivity contribution in [2.24, 2.45) is 0 Å². The van der Waals surface area contributed by atoms with Crippen molar-refractivity contribution in [2.45, 2.75) is 6.92 Å². The molecule has 0 unspecified atom stereocenters. The first kappa shape index (κ1) is 16.2. The largest absolute Gasteiger partial charge is 0.499 e. The standard InChI is InChI=1S/C15H20O5/c1-2-20-15(17)14-5-3-4-13(12-14)6-8-18-10-11-19-9-7-16/h3-6,8,12,16H,2,7,9-11H2,1H3/b8-6+. The molecule has 20 heavy (non-hydrogen) atoms. The molecule has 0 aliphatic rings. The highest BCUT2D eigenvalue weighted by atomic mass is 16.5. The first-order valence-electron chi connectivity index (χ1n) is 6.52. The maximum absolute atomic E-state index is 11.6. The fourth-order valence-corrected chi connectivity index (χ4v) is 1.45. The first-order valence-corrected chi connectivity index (χ1v) is 6.52. The molecule has 0 amide bonds. The molecule has 0 bridgehead atoms. The summed E-state index contributed by atoms with van der Waals surface area (Å²) in [7, 11) is 0. The average molecular weight is 280 g/mol. The zero-order valence-corrected chi connectivity index (χ0v) is 11.6. The van der Waals surface area contributed by atoms with E-state index in [0.29, 0.717) is 32.0 Å². The van der Waals surface area contributed by atoms with Gasteiger partial charge in [0.15, 0.2) is 0 Å². The summed E-state index contributed by atoms with van der Waals surface area (Å²) in [5.74, 6) is -0.332. The molecular formula is C15H20O5. The van der Waals surface area contributed by atoms with Gasteiger partial charge in [0.2, 0.25) is 0 Å². The molecule has 0 aromatic heterocycles. The summed E-state index contributed by atoms with van der Waals surface area (Å²) >= 11 is 0. The summed E-state index contributed by atoms with van der Waals surface area (Å²) in [5, 5.41) is 8.51. The van der Waals surface area contributed by atoms with Gasteiger partial charge >= 0.3 is 5.97 Å². The Hall–Kier alpha value is -1.85. The Balaban J connectivity index is 2.39. The van der Waals surface area contributed by atoms with Crippen molar-refractivity contribution < 1.29 is 24.1 Å². The smallest absolute Gasteiger partial charge is 0.338 e. The maximum Gasteiger partial charge on any atom is 0.338 e. The summed E-state index contributed by atoms with van der Waals surface area (Å²) in [5.41, 5.74) is 1.37. The zero-order valence-electron chi connectivity index (χ0n) is 11.6. The highest BCUT2D eigenvalue weighted by Crippen LogP contribution is 2.08. The average Bonchev–Trinajstić information content (AvgIpc) is 2.47. The molecule has 0 saturated heterocycles. The van der Waals surface area contributed by atoms with Crippen molar-refractivity contribution in [1.29, 1.82) is 0 Å². The Morgan fingerprint density at radius 3 is 2.90 bits per heavy atom. The number of hydrogen-bond donors (Lipinski definition) is 1. The van der Waals surface area contributed by atoms with Crippen LogP contribution in [0.5, 0.6) is 0 Å². The Bertz CT molecular complexity index is 428. The summed E-state index contributed by atoms with van der Waals surface area (Å²) in [6.45, 7) is 3.29. The molecule has 0 fully saturated rings. The Morgan fingerprint density at radius 2 is 2.15 bits per heavy atom. The van der Waals surface area contributed by atoms with Crippen LogP contribution in [0.2, 0.25) is 0 Å². The number of benzene rings is 1. The molecule has 0 spiro atoms. The van der Waals surface area contributed by atoms with Crippen LogP contribution in [0.15, 0.2) is 30.5 Å². The molecule has 5 heteroatoms. The number of carbonyl (C=O) groups excluding carboxylic acids is 1.